The van der Waals surface area contributed by atoms with E-state index in [2.05, 4.69) is 26.1 Å². The van der Waals surface area contributed by atoms with Gasteiger partial charge in [-0.3, -0.25) is 34.1 Å². The first kappa shape index (κ1) is 22.4. The molecule has 0 saturated carbocycles. The Morgan fingerprint density at radius 1 is 1.17 bits per heavy atom. The van der Waals surface area contributed by atoms with Crippen molar-refractivity contribution in [2.45, 2.75) is 52.2 Å². The van der Waals surface area contributed by atoms with Crippen LogP contribution in [0.5, 0.6) is 0 Å². The molecule has 5 rings (SSSR count). The minimum Gasteiger partial charge on any atom is -0.379 e. The SMILES string of the molecule is Cc1noc(C)c1CCn1cc(CNc2cccc3c2C(=O)N(C2CCC(=O)NC2=O)C3=O)nn1. The molecule has 2 N–H and O–H groups in total. The number of hydrogen-bond donors (Lipinski definition) is 2. The zero-order valence-corrected chi connectivity index (χ0v) is 19.2. The molecule has 35 heavy (non-hydrogen) atoms. The fraction of sp³-hybridized carbons (Fsp3) is 0.348. The predicted molar refractivity (Wildman–Crippen MR) is 120 cm³/mol. The van der Waals surface area contributed by atoms with Gasteiger partial charge in [0.15, 0.2) is 0 Å². The number of benzene rings is 1. The molecule has 3 aromatic rings. The Labute approximate surface area is 199 Å². The van der Waals surface area contributed by atoms with Crippen LogP contribution >= 0.6 is 0 Å². The molecule has 180 valence electrons. The fourth-order valence-electron chi connectivity index (χ4n) is 4.46. The van der Waals surface area contributed by atoms with Crippen molar-refractivity contribution in [2.75, 3.05) is 5.32 Å². The molecule has 4 heterocycles. The highest BCUT2D eigenvalue weighted by Gasteiger charge is 2.45. The second-order valence-electron chi connectivity index (χ2n) is 8.55. The van der Waals surface area contributed by atoms with E-state index >= 15 is 0 Å². The normalized spacial score (nSPS) is 17.7. The van der Waals surface area contributed by atoms with E-state index in [9.17, 15) is 19.2 Å². The molecule has 0 spiro atoms. The van der Waals surface area contributed by atoms with Crippen LogP contribution in [0.1, 0.15) is 56.3 Å². The highest BCUT2D eigenvalue weighted by atomic mass is 16.5. The summed E-state index contributed by atoms with van der Waals surface area (Å²) in [5, 5.41) is 17.6. The largest absolute Gasteiger partial charge is 0.379 e. The van der Waals surface area contributed by atoms with Crippen LogP contribution in [0.4, 0.5) is 5.69 Å². The Kier molecular flexibility index (Phi) is 5.63. The summed E-state index contributed by atoms with van der Waals surface area (Å²) in [7, 11) is 0. The lowest BCUT2D eigenvalue weighted by molar-refractivity contribution is -0.136. The summed E-state index contributed by atoms with van der Waals surface area (Å²) < 4.78 is 6.91. The van der Waals surface area contributed by atoms with E-state index in [0.717, 1.165) is 21.9 Å². The number of anilines is 1. The molecular weight excluding hydrogens is 454 g/mol. The van der Waals surface area contributed by atoms with Crippen molar-refractivity contribution in [3.05, 3.63) is 58.2 Å². The number of aryl methyl sites for hydroxylation is 3. The van der Waals surface area contributed by atoms with Gasteiger partial charge < -0.3 is 9.84 Å². The number of hydrogen-bond acceptors (Lipinski definition) is 9. The molecule has 1 fully saturated rings. The van der Waals surface area contributed by atoms with Crippen LogP contribution in [0.25, 0.3) is 0 Å². The zero-order valence-electron chi connectivity index (χ0n) is 19.2. The Morgan fingerprint density at radius 3 is 2.74 bits per heavy atom. The zero-order chi connectivity index (χ0) is 24.7. The maximum Gasteiger partial charge on any atom is 0.264 e. The summed E-state index contributed by atoms with van der Waals surface area (Å²) in [4.78, 5) is 50.8. The molecule has 1 saturated heterocycles. The van der Waals surface area contributed by atoms with Crippen molar-refractivity contribution in [1.29, 1.82) is 0 Å². The average molecular weight is 477 g/mol. The molecule has 1 atom stereocenters. The lowest BCUT2D eigenvalue weighted by Crippen LogP contribution is -2.54. The minimum atomic E-state index is -1.01. The lowest BCUT2D eigenvalue weighted by Gasteiger charge is -2.27. The third-order valence-electron chi connectivity index (χ3n) is 6.29. The van der Waals surface area contributed by atoms with Gasteiger partial charge in [-0.1, -0.05) is 16.4 Å². The summed E-state index contributed by atoms with van der Waals surface area (Å²) in [5.41, 5.74) is 3.43. The van der Waals surface area contributed by atoms with Crippen molar-refractivity contribution in [2.24, 2.45) is 0 Å². The first-order valence-corrected chi connectivity index (χ1v) is 11.2. The standard InChI is InChI=1S/C23H23N7O5/c1-12-15(13(2)35-27-12)8-9-29-11-14(26-28-29)10-24-17-5-3-4-16-20(17)23(34)30(22(16)33)18-6-7-19(31)25-21(18)32/h3-5,11,18,24H,6-10H2,1-2H3,(H,25,31,32). The van der Waals surface area contributed by atoms with Crippen molar-refractivity contribution in [3.63, 3.8) is 0 Å². The molecule has 1 unspecified atom stereocenters. The molecule has 12 heteroatoms. The number of aromatic nitrogens is 4. The first-order valence-electron chi connectivity index (χ1n) is 11.2. The van der Waals surface area contributed by atoms with E-state index in [-0.39, 0.29) is 30.5 Å². The predicted octanol–water partition coefficient (Wildman–Crippen LogP) is 1.14. The quantitative estimate of drug-likeness (QED) is 0.477. The number of carbonyl (C=O) groups is 4. The number of fused-ring (bicyclic) bond motifs is 1. The van der Waals surface area contributed by atoms with Gasteiger partial charge in [-0.05, 0) is 38.8 Å². The molecule has 2 aliphatic rings. The maximum atomic E-state index is 13.2. The summed E-state index contributed by atoms with van der Waals surface area (Å²) in [5.74, 6) is -1.38. The fourth-order valence-corrected chi connectivity index (χ4v) is 4.46. The first-order chi connectivity index (χ1) is 16.8. The van der Waals surface area contributed by atoms with E-state index in [1.54, 1.807) is 29.1 Å². The summed E-state index contributed by atoms with van der Waals surface area (Å²) in [6.45, 7) is 4.65. The number of piperidine rings is 1. The van der Waals surface area contributed by atoms with E-state index in [1.807, 2.05) is 13.8 Å². The number of amides is 4. The summed E-state index contributed by atoms with van der Waals surface area (Å²) in [6, 6.07) is 3.91. The summed E-state index contributed by atoms with van der Waals surface area (Å²) >= 11 is 0. The van der Waals surface area contributed by atoms with Crippen LogP contribution in [0, 0.1) is 13.8 Å². The number of imide groups is 2. The molecule has 4 amide bonds. The second kappa shape index (κ2) is 8.78. The maximum absolute atomic E-state index is 13.2. The van der Waals surface area contributed by atoms with Crippen molar-refractivity contribution in [3.8, 4) is 0 Å². The van der Waals surface area contributed by atoms with Crippen molar-refractivity contribution < 1.29 is 23.7 Å². The van der Waals surface area contributed by atoms with E-state index < -0.39 is 29.7 Å². The number of nitrogens with one attached hydrogen (secondary N) is 2. The topological polar surface area (TPSA) is 152 Å². The van der Waals surface area contributed by atoms with Crippen LogP contribution < -0.4 is 10.6 Å². The summed E-state index contributed by atoms with van der Waals surface area (Å²) in [6.07, 6.45) is 2.68. The van der Waals surface area contributed by atoms with Crippen LogP contribution in [-0.4, -0.2) is 54.7 Å². The van der Waals surface area contributed by atoms with E-state index in [1.165, 1.54) is 0 Å². The third-order valence-corrected chi connectivity index (χ3v) is 6.29. The van der Waals surface area contributed by atoms with Gasteiger partial charge in [0, 0.05) is 24.2 Å². The second-order valence-corrected chi connectivity index (χ2v) is 8.55. The van der Waals surface area contributed by atoms with Crippen LogP contribution in [-0.2, 0) is 29.1 Å². The monoisotopic (exact) mass is 477 g/mol. The molecule has 0 bridgehead atoms. The molecular formula is C23H23N7O5. The van der Waals surface area contributed by atoms with Crippen LogP contribution in [0.3, 0.4) is 0 Å². The van der Waals surface area contributed by atoms with Gasteiger partial charge in [0.1, 0.15) is 17.5 Å². The van der Waals surface area contributed by atoms with Crippen molar-refractivity contribution >= 4 is 29.3 Å². The van der Waals surface area contributed by atoms with E-state index in [0.29, 0.717) is 24.3 Å². The van der Waals surface area contributed by atoms with Gasteiger partial charge in [0.25, 0.3) is 11.8 Å². The highest BCUT2D eigenvalue weighted by Crippen LogP contribution is 2.32. The van der Waals surface area contributed by atoms with Gasteiger partial charge in [-0.25, -0.2) is 0 Å². The minimum absolute atomic E-state index is 0.0703. The molecule has 0 aliphatic carbocycles. The number of rotatable bonds is 7. The molecule has 12 nitrogen and oxygen atoms in total. The molecule has 0 radical (unpaired) electrons. The number of carbonyl (C=O) groups excluding carboxylic acids is 4. The van der Waals surface area contributed by atoms with Gasteiger partial charge in [0.2, 0.25) is 11.8 Å². The van der Waals surface area contributed by atoms with Crippen LogP contribution in [0.2, 0.25) is 0 Å². The van der Waals surface area contributed by atoms with E-state index in [4.69, 9.17) is 4.52 Å². The Morgan fingerprint density at radius 2 is 2.00 bits per heavy atom. The lowest BCUT2D eigenvalue weighted by atomic mass is 10.0. The molecule has 2 aromatic heterocycles. The smallest absolute Gasteiger partial charge is 0.264 e. The van der Waals surface area contributed by atoms with Gasteiger partial charge in [-0.15, -0.1) is 5.10 Å². The average Bonchev–Trinajstić information content (AvgIpc) is 3.49. The van der Waals surface area contributed by atoms with Gasteiger partial charge >= 0.3 is 0 Å². The molecule has 2 aliphatic heterocycles. The van der Waals surface area contributed by atoms with Gasteiger partial charge in [-0.2, -0.15) is 0 Å². The third kappa shape index (κ3) is 4.07. The Hall–Kier alpha value is -4.35. The van der Waals surface area contributed by atoms with Crippen LogP contribution in [0.15, 0.2) is 28.9 Å². The Balaban J connectivity index is 1.27. The number of nitrogens with zero attached hydrogens (tertiary/aromatic N) is 5. The Bertz CT molecular complexity index is 1340. The molecule has 1 aromatic carbocycles. The van der Waals surface area contributed by atoms with Gasteiger partial charge in [0.05, 0.1) is 29.6 Å². The van der Waals surface area contributed by atoms with Crippen molar-refractivity contribution in [1.82, 2.24) is 30.4 Å². The highest BCUT2D eigenvalue weighted by molar-refractivity contribution is 6.25.